The molecule has 2 rings (SSSR count). The van der Waals surface area contributed by atoms with Crippen molar-refractivity contribution in [2.45, 2.75) is 20.3 Å². The second kappa shape index (κ2) is 6.52. The van der Waals surface area contributed by atoms with E-state index in [0.717, 1.165) is 5.56 Å². The van der Waals surface area contributed by atoms with Crippen LogP contribution in [0.5, 0.6) is 0 Å². The van der Waals surface area contributed by atoms with E-state index in [1.807, 2.05) is 12.1 Å². The molecule has 0 aromatic heterocycles. The zero-order chi connectivity index (χ0) is 15.4. The summed E-state index contributed by atoms with van der Waals surface area (Å²) in [4.78, 5) is 36.6. The third kappa shape index (κ3) is 2.96. The number of ether oxygens (including phenoxy) is 2. The molecule has 0 radical (unpaired) electrons. The van der Waals surface area contributed by atoms with Crippen molar-refractivity contribution >= 4 is 17.7 Å². The third-order valence-corrected chi connectivity index (χ3v) is 3.54. The van der Waals surface area contributed by atoms with Gasteiger partial charge in [-0.2, -0.15) is 0 Å². The van der Waals surface area contributed by atoms with Crippen molar-refractivity contribution in [3.8, 4) is 0 Å². The number of carbonyl (C=O) groups is 3. The van der Waals surface area contributed by atoms with Crippen LogP contribution in [0.15, 0.2) is 24.3 Å². The maximum Gasteiger partial charge on any atom is 0.321 e. The number of benzene rings is 1. The molecule has 0 aliphatic heterocycles. The molecule has 1 aliphatic carbocycles. The van der Waals surface area contributed by atoms with Gasteiger partial charge in [-0.15, -0.1) is 0 Å². The van der Waals surface area contributed by atoms with Crippen molar-refractivity contribution < 1.29 is 23.9 Å². The van der Waals surface area contributed by atoms with Gasteiger partial charge < -0.3 is 9.47 Å². The lowest BCUT2D eigenvalue weighted by atomic mass is 9.89. The lowest BCUT2D eigenvalue weighted by Crippen LogP contribution is -2.37. The van der Waals surface area contributed by atoms with Crippen LogP contribution < -0.4 is 0 Å². The van der Waals surface area contributed by atoms with E-state index in [4.69, 9.17) is 9.47 Å². The van der Waals surface area contributed by atoms with Crippen LogP contribution in [0.25, 0.3) is 0 Å². The normalized spacial score (nSPS) is 16.7. The Balaban J connectivity index is 2.29. The van der Waals surface area contributed by atoms with Gasteiger partial charge in [0, 0.05) is 5.56 Å². The zero-order valence-electron chi connectivity index (χ0n) is 12.1. The molecule has 0 N–H and O–H groups in total. The largest absolute Gasteiger partial charge is 0.465 e. The number of rotatable bonds is 5. The summed E-state index contributed by atoms with van der Waals surface area (Å²) in [5, 5.41) is 0. The van der Waals surface area contributed by atoms with Crippen molar-refractivity contribution in [1.29, 1.82) is 0 Å². The highest BCUT2D eigenvalue weighted by molar-refractivity contribution is 6.08. The fourth-order valence-electron chi connectivity index (χ4n) is 2.63. The third-order valence-electron chi connectivity index (χ3n) is 3.54. The Hall–Kier alpha value is -2.17. The first kappa shape index (κ1) is 15.2. The van der Waals surface area contributed by atoms with Crippen LogP contribution in [0.2, 0.25) is 0 Å². The first-order valence-electron chi connectivity index (χ1n) is 7.05. The minimum Gasteiger partial charge on any atom is -0.465 e. The monoisotopic (exact) mass is 290 g/mol. The first-order chi connectivity index (χ1) is 10.1. The van der Waals surface area contributed by atoms with E-state index in [9.17, 15) is 14.4 Å². The standard InChI is InChI=1S/C16H18O5/c1-3-20-15(18)13(16(19)21-4-2)12-9-10-7-5-6-8-11(10)14(12)17/h5-8,12-13H,3-4,9H2,1-2H3. The molecule has 5 nitrogen and oxygen atoms in total. The number of fused-ring (bicyclic) bond motifs is 1. The van der Waals surface area contributed by atoms with Gasteiger partial charge in [0.15, 0.2) is 11.7 Å². The van der Waals surface area contributed by atoms with E-state index in [1.165, 1.54) is 0 Å². The summed E-state index contributed by atoms with van der Waals surface area (Å²) in [7, 11) is 0. The predicted molar refractivity (Wildman–Crippen MR) is 74.7 cm³/mol. The highest BCUT2D eigenvalue weighted by Gasteiger charge is 2.45. The smallest absolute Gasteiger partial charge is 0.321 e. The predicted octanol–water partition coefficient (Wildman–Crippen LogP) is 1.78. The van der Waals surface area contributed by atoms with E-state index in [0.29, 0.717) is 12.0 Å². The molecule has 0 saturated heterocycles. The number of esters is 2. The number of Topliss-reactive ketones (excluding diaryl/α,β-unsaturated/α-hetero) is 1. The molecular weight excluding hydrogens is 272 g/mol. The molecule has 1 aromatic carbocycles. The number of hydrogen-bond acceptors (Lipinski definition) is 5. The Kier molecular flexibility index (Phi) is 4.73. The van der Waals surface area contributed by atoms with Crippen LogP contribution >= 0.6 is 0 Å². The fourth-order valence-corrected chi connectivity index (χ4v) is 2.63. The maximum absolute atomic E-state index is 12.4. The first-order valence-corrected chi connectivity index (χ1v) is 7.05. The highest BCUT2D eigenvalue weighted by atomic mass is 16.6. The molecule has 1 atom stereocenters. The summed E-state index contributed by atoms with van der Waals surface area (Å²) in [6.07, 6.45) is 0.358. The van der Waals surface area contributed by atoms with Crippen LogP contribution in [0.1, 0.15) is 29.8 Å². The average molecular weight is 290 g/mol. The Morgan fingerprint density at radius 2 is 1.71 bits per heavy atom. The van der Waals surface area contributed by atoms with E-state index < -0.39 is 23.8 Å². The van der Waals surface area contributed by atoms with Gasteiger partial charge in [0.25, 0.3) is 0 Å². The van der Waals surface area contributed by atoms with Crippen LogP contribution in [0.4, 0.5) is 0 Å². The Morgan fingerprint density at radius 3 is 2.24 bits per heavy atom. The maximum atomic E-state index is 12.4. The molecule has 1 aliphatic rings. The van der Waals surface area contributed by atoms with E-state index in [-0.39, 0.29) is 19.0 Å². The summed E-state index contributed by atoms with van der Waals surface area (Å²) in [5.41, 5.74) is 1.42. The summed E-state index contributed by atoms with van der Waals surface area (Å²) < 4.78 is 9.88. The lowest BCUT2D eigenvalue weighted by molar-refractivity contribution is -0.163. The SMILES string of the molecule is CCOC(=O)C(C(=O)OCC)C1Cc2ccccc2C1=O. The molecule has 0 amide bonds. The van der Waals surface area contributed by atoms with E-state index >= 15 is 0 Å². The van der Waals surface area contributed by atoms with Gasteiger partial charge in [0.1, 0.15) is 0 Å². The van der Waals surface area contributed by atoms with Crippen molar-refractivity contribution in [1.82, 2.24) is 0 Å². The molecule has 0 spiro atoms. The van der Waals surface area contributed by atoms with E-state index in [1.54, 1.807) is 26.0 Å². The van der Waals surface area contributed by atoms with Gasteiger partial charge >= 0.3 is 11.9 Å². The number of carbonyl (C=O) groups excluding carboxylic acids is 3. The van der Waals surface area contributed by atoms with Gasteiger partial charge in [-0.25, -0.2) is 0 Å². The number of hydrogen-bond donors (Lipinski definition) is 0. The minimum absolute atomic E-state index is 0.155. The second-order valence-electron chi connectivity index (χ2n) is 4.81. The summed E-state index contributed by atoms with van der Waals surface area (Å²) in [6.45, 7) is 3.63. The van der Waals surface area contributed by atoms with Crippen LogP contribution in [0.3, 0.4) is 0 Å². The number of ketones is 1. The highest BCUT2D eigenvalue weighted by Crippen LogP contribution is 2.33. The summed E-state index contributed by atoms with van der Waals surface area (Å²) in [6, 6.07) is 7.15. The van der Waals surface area contributed by atoms with Crippen molar-refractivity contribution in [3.63, 3.8) is 0 Å². The van der Waals surface area contributed by atoms with Gasteiger partial charge in [0.2, 0.25) is 0 Å². The Bertz CT molecular complexity index is 546. The lowest BCUT2D eigenvalue weighted by Gasteiger charge is -2.18. The van der Waals surface area contributed by atoms with E-state index in [2.05, 4.69) is 0 Å². The molecule has 5 heteroatoms. The summed E-state index contributed by atoms with van der Waals surface area (Å²) >= 11 is 0. The minimum atomic E-state index is -1.19. The van der Waals surface area contributed by atoms with Crippen LogP contribution in [-0.4, -0.2) is 30.9 Å². The topological polar surface area (TPSA) is 69.7 Å². The molecule has 21 heavy (non-hydrogen) atoms. The van der Waals surface area contributed by atoms with Crippen molar-refractivity contribution in [3.05, 3.63) is 35.4 Å². The molecule has 0 fully saturated rings. The molecule has 112 valence electrons. The van der Waals surface area contributed by atoms with Crippen molar-refractivity contribution in [2.24, 2.45) is 11.8 Å². The van der Waals surface area contributed by atoms with Gasteiger partial charge in [-0.3, -0.25) is 14.4 Å². The van der Waals surface area contributed by atoms with Gasteiger partial charge in [0.05, 0.1) is 19.1 Å². The molecule has 0 saturated carbocycles. The Labute approximate surface area is 123 Å². The quantitative estimate of drug-likeness (QED) is 0.610. The zero-order valence-corrected chi connectivity index (χ0v) is 12.1. The molecule has 0 heterocycles. The molecular formula is C16H18O5. The van der Waals surface area contributed by atoms with Gasteiger partial charge in [-0.1, -0.05) is 24.3 Å². The Morgan fingerprint density at radius 1 is 1.14 bits per heavy atom. The van der Waals surface area contributed by atoms with Crippen LogP contribution in [-0.2, 0) is 25.5 Å². The van der Waals surface area contributed by atoms with Crippen molar-refractivity contribution in [2.75, 3.05) is 13.2 Å². The fraction of sp³-hybridized carbons (Fsp3) is 0.438. The van der Waals surface area contributed by atoms with Crippen LogP contribution in [0, 0.1) is 11.8 Å². The molecule has 1 aromatic rings. The average Bonchev–Trinajstić information content (AvgIpc) is 2.78. The second-order valence-corrected chi connectivity index (χ2v) is 4.81. The summed E-state index contributed by atoms with van der Waals surface area (Å²) in [5.74, 6) is -3.51. The molecule has 1 unspecified atom stereocenters. The van der Waals surface area contributed by atoms with Gasteiger partial charge in [-0.05, 0) is 25.8 Å². The molecule has 0 bridgehead atoms.